The lowest BCUT2D eigenvalue weighted by Gasteiger charge is -2.05. The Morgan fingerprint density at radius 1 is 0.0943 bits per heavy atom. The second-order valence-electron chi connectivity index (χ2n) is 18.3. The Bertz CT molecular complexity index is 529. The molecular weight excluding hydrogens is 637 g/mol. The van der Waals surface area contributed by atoms with E-state index in [0.717, 1.165) is 0 Å². The molecule has 320 valence electrons. The van der Waals surface area contributed by atoms with Crippen LogP contribution in [0.3, 0.4) is 0 Å². The third-order valence-electron chi connectivity index (χ3n) is 12.7. The maximum absolute atomic E-state index is 2.31. The molecule has 0 aromatic carbocycles. The normalized spacial score (nSPS) is 11.7. The van der Waals surface area contributed by atoms with Gasteiger partial charge in [0.2, 0.25) is 0 Å². The Hall–Kier alpha value is 0. The molecule has 0 saturated carbocycles. The zero-order chi connectivity index (χ0) is 38.1. The summed E-state index contributed by atoms with van der Waals surface area (Å²) in [7, 11) is 0. The third kappa shape index (κ3) is 52.0. The van der Waals surface area contributed by atoms with E-state index in [4.69, 9.17) is 0 Å². The van der Waals surface area contributed by atoms with Gasteiger partial charge in [0.1, 0.15) is 0 Å². The zero-order valence-corrected chi connectivity index (χ0v) is 38.1. The summed E-state index contributed by atoms with van der Waals surface area (Å²) in [4.78, 5) is 0. The minimum Gasteiger partial charge on any atom is -0.0654 e. The smallest absolute Gasteiger partial charge is 0.0533 e. The van der Waals surface area contributed by atoms with Crippen LogP contribution in [-0.4, -0.2) is 0 Å². The van der Waals surface area contributed by atoms with Gasteiger partial charge in [0.15, 0.2) is 0 Å². The molecule has 0 aromatic rings. The molecule has 0 aromatic heterocycles. The number of hydrogen-bond acceptors (Lipinski definition) is 0. The first-order valence-electron chi connectivity index (χ1n) is 26.4. The van der Waals surface area contributed by atoms with E-state index in [9.17, 15) is 0 Å². The van der Waals surface area contributed by atoms with E-state index in [-0.39, 0.29) is 0 Å². The molecule has 0 radical (unpaired) electrons. The molecule has 0 saturated heterocycles. The van der Waals surface area contributed by atoms with Gasteiger partial charge < -0.3 is 0 Å². The van der Waals surface area contributed by atoms with Gasteiger partial charge in [0.25, 0.3) is 0 Å². The molecule has 0 heteroatoms. The summed E-state index contributed by atoms with van der Waals surface area (Å²) < 4.78 is 0. The maximum atomic E-state index is 2.31. The van der Waals surface area contributed by atoms with Crippen LogP contribution in [0.5, 0.6) is 0 Å². The summed E-state index contributed by atoms with van der Waals surface area (Å²) >= 11 is 0. The molecule has 0 N–H and O–H groups in total. The lowest BCUT2D eigenvalue weighted by molar-refractivity contribution is 0.507. The molecule has 0 aliphatic rings. The SMILES string of the molecule is CCCCCCCCCCCCCCCCCCCCCCCCCCCCCCCCCCCCCCCCCCCCCCCCCCCCC. The molecule has 0 spiro atoms. The Kier molecular flexibility index (Phi) is 52.0. The molecule has 0 atom stereocenters. The van der Waals surface area contributed by atoms with Crippen LogP contribution >= 0.6 is 0 Å². The van der Waals surface area contributed by atoms with Gasteiger partial charge in [0, 0.05) is 0 Å². The van der Waals surface area contributed by atoms with E-state index >= 15 is 0 Å². The number of rotatable bonds is 50. The minimum atomic E-state index is 1.37. The lowest BCUT2D eigenvalue weighted by Crippen LogP contribution is -1.85. The minimum absolute atomic E-state index is 1.37. The van der Waals surface area contributed by atoms with Crippen LogP contribution in [0.15, 0.2) is 0 Å². The highest BCUT2D eigenvalue weighted by atomic mass is 14.1. The fourth-order valence-electron chi connectivity index (χ4n) is 8.81. The Morgan fingerprint density at radius 3 is 0.208 bits per heavy atom. The van der Waals surface area contributed by atoms with Crippen molar-refractivity contribution in [3.8, 4) is 0 Å². The van der Waals surface area contributed by atoms with Crippen LogP contribution in [0.1, 0.15) is 341 Å². The molecule has 0 aliphatic carbocycles. The Balaban J connectivity index is 3.05. The van der Waals surface area contributed by atoms with Crippen molar-refractivity contribution in [2.24, 2.45) is 0 Å². The zero-order valence-electron chi connectivity index (χ0n) is 38.1. The summed E-state index contributed by atoms with van der Waals surface area (Å²) in [6, 6.07) is 0. The maximum Gasteiger partial charge on any atom is -0.0533 e. The van der Waals surface area contributed by atoms with Gasteiger partial charge in [-0.25, -0.2) is 0 Å². The molecule has 0 unspecified atom stereocenters. The van der Waals surface area contributed by atoms with Gasteiger partial charge in [-0.15, -0.1) is 0 Å². The first kappa shape index (κ1) is 53.0. The van der Waals surface area contributed by atoms with Gasteiger partial charge in [-0.05, 0) is 0 Å². The van der Waals surface area contributed by atoms with Crippen molar-refractivity contribution < 1.29 is 0 Å². The number of unbranched alkanes of at least 4 members (excludes halogenated alkanes) is 50. The quantitative estimate of drug-likeness (QED) is 0.0544. The monoisotopic (exact) mass is 745 g/mol. The highest BCUT2D eigenvalue weighted by molar-refractivity contribution is 4.54. The molecular formula is C53H108. The molecule has 0 amide bonds. The second kappa shape index (κ2) is 52.0. The Morgan fingerprint density at radius 2 is 0.151 bits per heavy atom. The summed E-state index contributed by atoms with van der Waals surface area (Å²) in [5.41, 5.74) is 0. The van der Waals surface area contributed by atoms with Gasteiger partial charge >= 0.3 is 0 Å². The van der Waals surface area contributed by atoms with Gasteiger partial charge in [-0.3, -0.25) is 0 Å². The second-order valence-corrected chi connectivity index (χ2v) is 18.3. The van der Waals surface area contributed by atoms with E-state index < -0.39 is 0 Å². The van der Waals surface area contributed by atoms with Crippen molar-refractivity contribution in [3.05, 3.63) is 0 Å². The molecule has 0 rings (SSSR count). The Labute approximate surface area is 340 Å². The van der Waals surface area contributed by atoms with Gasteiger partial charge in [0.05, 0.1) is 0 Å². The lowest BCUT2D eigenvalue weighted by atomic mass is 10.0. The van der Waals surface area contributed by atoms with Crippen molar-refractivity contribution in [2.45, 2.75) is 341 Å². The average Bonchev–Trinajstić information content (AvgIpc) is 3.17. The fraction of sp³-hybridized carbons (Fsp3) is 1.00. The van der Waals surface area contributed by atoms with E-state index in [1.54, 1.807) is 0 Å². The summed E-state index contributed by atoms with van der Waals surface area (Å²) in [6.07, 6.45) is 75.9. The predicted octanol–water partition coefficient (Wildman–Crippen LogP) is 20.9. The van der Waals surface area contributed by atoms with Crippen molar-refractivity contribution in [2.75, 3.05) is 0 Å². The summed E-state index contributed by atoms with van der Waals surface area (Å²) in [5.74, 6) is 0. The summed E-state index contributed by atoms with van der Waals surface area (Å²) in [5, 5.41) is 0. The average molecular weight is 745 g/mol. The number of hydrogen-bond donors (Lipinski definition) is 0. The molecule has 0 heterocycles. The fourth-order valence-corrected chi connectivity index (χ4v) is 8.81. The topological polar surface area (TPSA) is 0 Å². The van der Waals surface area contributed by atoms with E-state index in [1.807, 2.05) is 0 Å². The summed E-state index contributed by atoms with van der Waals surface area (Å²) in [6.45, 7) is 4.63. The molecule has 0 bridgehead atoms. The van der Waals surface area contributed by atoms with Crippen LogP contribution in [0.25, 0.3) is 0 Å². The van der Waals surface area contributed by atoms with E-state index in [0.29, 0.717) is 0 Å². The van der Waals surface area contributed by atoms with Gasteiger partial charge in [-0.2, -0.15) is 0 Å². The van der Waals surface area contributed by atoms with Crippen molar-refractivity contribution in [1.29, 1.82) is 0 Å². The molecule has 0 nitrogen and oxygen atoms in total. The van der Waals surface area contributed by atoms with Crippen LogP contribution in [0.2, 0.25) is 0 Å². The molecule has 0 fully saturated rings. The van der Waals surface area contributed by atoms with Crippen LogP contribution < -0.4 is 0 Å². The van der Waals surface area contributed by atoms with Crippen molar-refractivity contribution >= 4 is 0 Å². The first-order chi connectivity index (χ1) is 26.4. The van der Waals surface area contributed by atoms with Crippen LogP contribution in [0, 0.1) is 0 Å². The third-order valence-corrected chi connectivity index (χ3v) is 12.7. The molecule has 0 aliphatic heterocycles. The van der Waals surface area contributed by atoms with E-state index in [1.165, 1.54) is 327 Å². The van der Waals surface area contributed by atoms with Gasteiger partial charge in [-0.1, -0.05) is 341 Å². The van der Waals surface area contributed by atoms with Crippen LogP contribution in [0.4, 0.5) is 0 Å². The largest absolute Gasteiger partial charge is 0.0654 e. The van der Waals surface area contributed by atoms with E-state index in [2.05, 4.69) is 13.8 Å². The first-order valence-corrected chi connectivity index (χ1v) is 26.4. The van der Waals surface area contributed by atoms with Crippen LogP contribution in [-0.2, 0) is 0 Å². The van der Waals surface area contributed by atoms with Crippen molar-refractivity contribution in [1.82, 2.24) is 0 Å². The molecule has 53 heavy (non-hydrogen) atoms. The predicted molar refractivity (Wildman–Crippen MR) is 247 cm³/mol. The standard InChI is InChI=1S/C53H108/c1-3-5-7-9-11-13-15-17-19-21-23-25-27-29-31-33-35-37-39-41-43-45-47-49-51-53-52-50-48-46-44-42-40-38-36-34-32-30-28-26-24-22-20-18-16-14-12-10-8-6-4-2/h3-53H2,1-2H3. The highest BCUT2D eigenvalue weighted by Gasteiger charge is 1.99. The highest BCUT2D eigenvalue weighted by Crippen LogP contribution is 2.19. The van der Waals surface area contributed by atoms with Crippen molar-refractivity contribution in [3.63, 3.8) is 0 Å².